The number of rotatable bonds is 5. The molecule has 0 radical (unpaired) electrons. The minimum atomic E-state index is -2.73. The standard InChI is InChI=1S/C10H21N3O6/c1-2-3-13-10(18)9(17,8(11)12)7(16)6(15)5(4-14)19-10/h5-7,13-18H,2-4H2,1H3,(H3,11,12)/t5-,6-,7+,9+,10+/m1/s1. The van der Waals surface area contributed by atoms with Crippen LogP contribution in [0.5, 0.6) is 0 Å². The van der Waals surface area contributed by atoms with Gasteiger partial charge in [-0.05, 0) is 13.0 Å². The summed E-state index contributed by atoms with van der Waals surface area (Å²) in [4.78, 5) is 0. The van der Waals surface area contributed by atoms with E-state index in [4.69, 9.17) is 21.0 Å². The first-order valence-corrected chi connectivity index (χ1v) is 5.93. The molecule has 112 valence electrons. The van der Waals surface area contributed by atoms with E-state index in [9.17, 15) is 20.4 Å². The van der Waals surface area contributed by atoms with Gasteiger partial charge in [0.05, 0.1) is 6.61 Å². The highest BCUT2D eigenvalue weighted by Crippen LogP contribution is 2.35. The molecule has 0 aliphatic carbocycles. The third-order valence-electron chi connectivity index (χ3n) is 3.18. The van der Waals surface area contributed by atoms with Gasteiger partial charge in [0.25, 0.3) is 5.91 Å². The molecule has 1 saturated heterocycles. The third-order valence-corrected chi connectivity index (χ3v) is 3.18. The second-order valence-electron chi connectivity index (χ2n) is 4.53. The first kappa shape index (κ1) is 16.2. The molecule has 1 heterocycles. The zero-order valence-corrected chi connectivity index (χ0v) is 10.6. The molecule has 0 aromatic carbocycles. The number of nitrogens with one attached hydrogen (secondary N) is 2. The maximum atomic E-state index is 10.3. The minimum absolute atomic E-state index is 0.188. The molecule has 9 N–H and O–H groups in total. The summed E-state index contributed by atoms with van der Waals surface area (Å²) in [7, 11) is 0. The molecule has 1 aliphatic rings. The topological polar surface area (TPSA) is 172 Å². The van der Waals surface area contributed by atoms with E-state index in [1.54, 1.807) is 6.92 Å². The number of amidine groups is 1. The van der Waals surface area contributed by atoms with E-state index in [0.717, 1.165) is 0 Å². The molecule has 0 amide bonds. The molecule has 0 spiro atoms. The summed E-state index contributed by atoms with van der Waals surface area (Å²) in [5, 5.41) is 58.9. The number of nitrogens with two attached hydrogens (primary N) is 1. The Morgan fingerprint density at radius 2 is 2.00 bits per heavy atom. The minimum Gasteiger partial charge on any atom is -0.394 e. The van der Waals surface area contributed by atoms with Crippen LogP contribution in [0.4, 0.5) is 0 Å². The predicted octanol–water partition coefficient (Wildman–Crippen LogP) is -3.59. The van der Waals surface area contributed by atoms with Gasteiger partial charge in [-0.15, -0.1) is 0 Å². The highest BCUT2D eigenvalue weighted by Gasteiger charge is 2.65. The molecule has 0 unspecified atom stereocenters. The van der Waals surface area contributed by atoms with Gasteiger partial charge in [0, 0.05) is 0 Å². The van der Waals surface area contributed by atoms with Crippen LogP contribution in [0.15, 0.2) is 0 Å². The zero-order chi connectivity index (χ0) is 14.8. The maximum Gasteiger partial charge on any atom is 0.266 e. The normalized spacial score (nSPS) is 43.2. The largest absolute Gasteiger partial charge is 0.394 e. The number of aliphatic hydroxyl groups excluding tert-OH is 3. The molecular formula is C10H21N3O6. The number of aliphatic hydroxyl groups is 5. The molecule has 0 aromatic heterocycles. The van der Waals surface area contributed by atoms with Crippen LogP contribution in [0.3, 0.4) is 0 Å². The van der Waals surface area contributed by atoms with Gasteiger partial charge in [-0.25, -0.2) is 0 Å². The van der Waals surface area contributed by atoms with Crippen molar-refractivity contribution in [1.29, 1.82) is 5.41 Å². The van der Waals surface area contributed by atoms with Crippen molar-refractivity contribution in [3.63, 3.8) is 0 Å². The molecular weight excluding hydrogens is 258 g/mol. The molecule has 0 bridgehead atoms. The third kappa shape index (κ3) is 2.46. The maximum absolute atomic E-state index is 10.3. The highest BCUT2D eigenvalue weighted by molar-refractivity contribution is 5.88. The van der Waals surface area contributed by atoms with Crippen LogP contribution in [0.25, 0.3) is 0 Å². The first-order chi connectivity index (χ1) is 8.74. The van der Waals surface area contributed by atoms with Crippen LogP contribution in [0.1, 0.15) is 13.3 Å². The van der Waals surface area contributed by atoms with E-state index >= 15 is 0 Å². The van der Waals surface area contributed by atoms with E-state index in [2.05, 4.69) is 5.32 Å². The lowest BCUT2D eigenvalue weighted by molar-refractivity contribution is -0.381. The van der Waals surface area contributed by atoms with Crippen molar-refractivity contribution in [2.24, 2.45) is 5.73 Å². The van der Waals surface area contributed by atoms with Crippen molar-refractivity contribution in [2.75, 3.05) is 13.2 Å². The van der Waals surface area contributed by atoms with E-state index in [-0.39, 0.29) is 6.54 Å². The molecule has 9 nitrogen and oxygen atoms in total. The Hall–Kier alpha value is -0.810. The smallest absolute Gasteiger partial charge is 0.266 e. The Balaban J connectivity index is 3.17. The quantitative estimate of drug-likeness (QED) is 0.145. The zero-order valence-electron chi connectivity index (χ0n) is 10.6. The van der Waals surface area contributed by atoms with Crippen molar-refractivity contribution >= 4 is 5.84 Å². The molecule has 19 heavy (non-hydrogen) atoms. The summed E-state index contributed by atoms with van der Waals surface area (Å²) in [5.74, 6) is -3.55. The van der Waals surface area contributed by atoms with Gasteiger partial charge in [-0.2, -0.15) is 0 Å². The van der Waals surface area contributed by atoms with Gasteiger partial charge in [-0.1, -0.05) is 6.92 Å². The number of hydrogen-bond donors (Lipinski definition) is 8. The van der Waals surface area contributed by atoms with Crippen molar-refractivity contribution < 1.29 is 30.3 Å². The van der Waals surface area contributed by atoms with E-state index in [0.29, 0.717) is 6.42 Å². The number of hydrogen-bond acceptors (Lipinski definition) is 8. The number of ether oxygens (including phenoxy) is 1. The average Bonchev–Trinajstić information content (AvgIpc) is 2.38. The first-order valence-electron chi connectivity index (χ1n) is 5.93. The van der Waals surface area contributed by atoms with Crippen molar-refractivity contribution in [1.82, 2.24) is 5.32 Å². The van der Waals surface area contributed by atoms with Crippen molar-refractivity contribution in [3.8, 4) is 0 Å². The molecule has 1 rings (SSSR count). The lowest BCUT2D eigenvalue weighted by Gasteiger charge is -2.52. The average molecular weight is 279 g/mol. The Kier molecular flexibility index (Phi) is 4.85. The molecule has 0 saturated carbocycles. The van der Waals surface area contributed by atoms with E-state index < -0.39 is 42.3 Å². The van der Waals surface area contributed by atoms with Crippen molar-refractivity contribution in [3.05, 3.63) is 0 Å². The Bertz CT molecular complexity index is 343. The molecule has 5 atom stereocenters. The van der Waals surface area contributed by atoms with Crippen LogP contribution >= 0.6 is 0 Å². The summed E-state index contributed by atoms with van der Waals surface area (Å²) in [5.41, 5.74) is 2.48. The highest BCUT2D eigenvalue weighted by atomic mass is 16.7. The van der Waals surface area contributed by atoms with Crippen LogP contribution in [0.2, 0.25) is 0 Å². The van der Waals surface area contributed by atoms with Gasteiger partial charge >= 0.3 is 0 Å². The Labute approximate surface area is 110 Å². The second kappa shape index (κ2) is 5.67. The fourth-order valence-corrected chi connectivity index (χ4v) is 1.99. The lowest BCUT2D eigenvalue weighted by Crippen LogP contribution is -2.81. The fraction of sp³-hybridized carbons (Fsp3) is 0.900. The molecule has 9 heteroatoms. The lowest BCUT2D eigenvalue weighted by atomic mass is 9.82. The second-order valence-corrected chi connectivity index (χ2v) is 4.53. The summed E-state index contributed by atoms with van der Waals surface area (Å²) >= 11 is 0. The van der Waals surface area contributed by atoms with Gasteiger partial charge in [0.2, 0.25) is 5.60 Å². The van der Waals surface area contributed by atoms with Gasteiger partial charge < -0.3 is 36.0 Å². The predicted molar refractivity (Wildman–Crippen MR) is 64.1 cm³/mol. The van der Waals surface area contributed by atoms with E-state index in [1.165, 1.54) is 0 Å². The molecule has 1 aliphatic heterocycles. The van der Waals surface area contributed by atoms with Crippen LogP contribution in [-0.4, -0.2) is 74.3 Å². The monoisotopic (exact) mass is 279 g/mol. The van der Waals surface area contributed by atoms with Crippen LogP contribution in [-0.2, 0) is 4.74 Å². The molecule has 1 fully saturated rings. The van der Waals surface area contributed by atoms with Crippen LogP contribution in [0, 0.1) is 5.41 Å². The van der Waals surface area contributed by atoms with Gasteiger partial charge in [0.15, 0.2) is 0 Å². The fourth-order valence-electron chi connectivity index (χ4n) is 1.99. The Morgan fingerprint density at radius 3 is 2.42 bits per heavy atom. The van der Waals surface area contributed by atoms with E-state index in [1.807, 2.05) is 0 Å². The SMILES string of the molecule is CCCN[C@@]1(O)O[C@H](CO)[C@@H](O)[C@H](O)[C@]1(O)C(=N)N. The summed E-state index contributed by atoms with van der Waals surface area (Å²) in [6, 6.07) is 0. The van der Waals surface area contributed by atoms with Crippen LogP contribution < -0.4 is 11.1 Å². The summed E-state index contributed by atoms with van der Waals surface area (Å²) in [6.45, 7) is 1.27. The van der Waals surface area contributed by atoms with Crippen molar-refractivity contribution in [2.45, 2.75) is 43.2 Å². The Morgan fingerprint density at radius 1 is 1.42 bits per heavy atom. The van der Waals surface area contributed by atoms with Gasteiger partial charge in [0.1, 0.15) is 24.1 Å². The molecule has 0 aromatic rings. The summed E-state index contributed by atoms with van der Waals surface area (Å²) < 4.78 is 5.00. The summed E-state index contributed by atoms with van der Waals surface area (Å²) in [6.07, 6.45) is -4.47. The van der Waals surface area contributed by atoms with Gasteiger partial charge in [-0.3, -0.25) is 10.7 Å².